The van der Waals surface area contributed by atoms with Crippen LogP contribution in [-0.4, -0.2) is 49.7 Å². The largest absolute Gasteiger partial charge is 0.433 e. The molecule has 0 N–H and O–H groups in total. The summed E-state index contributed by atoms with van der Waals surface area (Å²) in [6.07, 6.45) is 1.33. The highest BCUT2D eigenvalue weighted by atomic mass is 19.3. The van der Waals surface area contributed by atoms with Crippen molar-refractivity contribution in [3.63, 3.8) is 0 Å². The maximum atomic E-state index is 12.0. The second-order valence-corrected chi connectivity index (χ2v) is 4.02. The highest BCUT2D eigenvalue weighted by Crippen LogP contribution is 2.18. The van der Waals surface area contributed by atoms with Crippen LogP contribution in [0.4, 0.5) is 14.6 Å². The van der Waals surface area contributed by atoms with E-state index in [0.717, 1.165) is 32.0 Å². The van der Waals surface area contributed by atoms with E-state index in [0.29, 0.717) is 0 Å². The van der Waals surface area contributed by atoms with Crippen LogP contribution in [0.3, 0.4) is 0 Å². The van der Waals surface area contributed by atoms with Crippen LogP contribution in [0.2, 0.25) is 0 Å². The van der Waals surface area contributed by atoms with Crippen molar-refractivity contribution in [1.29, 1.82) is 0 Å². The van der Waals surface area contributed by atoms with Crippen LogP contribution in [0, 0.1) is 0 Å². The Balaban J connectivity index is 1.97. The number of hydrogen-bond acceptors (Lipinski definition) is 4. The van der Waals surface area contributed by atoms with E-state index >= 15 is 0 Å². The molecular weight excluding hydrogens is 228 g/mol. The normalized spacial score (nSPS) is 17.5. The molecule has 0 amide bonds. The number of rotatable bonds is 3. The first kappa shape index (κ1) is 12.0. The van der Waals surface area contributed by atoms with Gasteiger partial charge in [0.15, 0.2) is 0 Å². The Hall–Kier alpha value is -1.43. The summed E-state index contributed by atoms with van der Waals surface area (Å²) in [4.78, 5) is 8.50. The third-order valence-electron chi connectivity index (χ3n) is 2.77. The molecule has 1 aliphatic heterocycles. The summed E-state index contributed by atoms with van der Waals surface area (Å²) in [5.41, 5.74) is 0. The highest BCUT2D eigenvalue weighted by Gasteiger charge is 2.15. The third kappa shape index (κ3) is 3.26. The second kappa shape index (κ2) is 5.27. The maximum absolute atomic E-state index is 12.0. The Bertz CT molecular complexity index is 350. The van der Waals surface area contributed by atoms with Crippen LogP contribution in [-0.2, 0) is 0 Å². The second-order valence-electron chi connectivity index (χ2n) is 4.02. The molecule has 2 heterocycles. The van der Waals surface area contributed by atoms with Crippen molar-refractivity contribution < 1.29 is 13.5 Å². The quantitative estimate of drug-likeness (QED) is 0.803. The predicted octanol–water partition coefficient (Wildman–Crippen LogP) is 1.43. The number of likely N-dealkylation sites (N-methyl/N-ethyl adjacent to an activating group) is 1. The van der Waals surface area contributed by atoms with E-state index in [-0.39, 0.29) is 5.75 Å². The van der Waals surface area contributed by atoms with Crippen LogP contribution in [0.15, 0.2) is 18.3 Å². The molecule has 0 atom stereocenters. The van der Waals surface area contributed by atoms with Crippen molar-refractivity contribution in [3.8, 4) is 5.75 Å². The summed E-state index contributed by atoms with van der Waals surface area (Å²) in [6, 6.07) is 3.23. The van der Waals surface area contributed by atoms with Gasteiger partial charge in [0.2, 0.25) is 0 Å². The maximum Gasteiger partial charge on any atom is 0.387 e. The molecule has 0 aliphatic carbocycles. The lowest BCUT2D eigenvalue weighted by atomic mass is 10.3. The van der Waals surface area contributed by atoms with Gasteiger partial charge in [0, 0.05) is 26.2 Å². The fourth-order valence-corrected chi connectivity index (χ4v) is 1.77. The van der Waals surface area contributed by atoms with Crippen molar-refractivity contribution in [2.45, 2.75) is 6.61 Å². The van der Waals surface area contributed by atoms with E-state index in [9.17, 15) is 8.78 Å². The van der Waals surface area contributed by atoms with Crippen molar-refractivity contribution >= 4 is 5.82 Å². The summed E-state index contributed by atoms with van der Waals surface area (Å²) in [5.74, 6) is 0.901. The lowest BCUT2D eigenvalue weighted by Gasteiger charge is -2.33. The van der Waals surface area contributed by atoms with Gasteiger partial charge in [-0.05, 0) is 19.2 Å². The molecule has 17 heavy (non-hydrogen) atoms. The van der Waals surface area contributed by atoms with Crippen molar-refractivity contribution in [2.24, 2.45) is 0 Å². The summed E-state index contributed by atoms with van der Waals surface area (Å²) < 4.78 is 28.2. The van der Waals surface area contributed by atoms with Gasteiger partial charge in [-0.3, -0.25) is 0 Å². The van der Waals surface area contributed by atoms with Gasteiger partial charge >= 0.3 is 6.61 Å². The molecule has 0 spiro atoms. The van der Waals surface area contributed by atoms with Crippen molar-refractivity contribution in [2.75, 3.05) is 38.1 Å². The van der Waals surface area contributed by atoms with Gasteiger partial charge in [-0.15, -0.1) is 0 Å². The standard InChI is InChI=1S/C11H15F2N3O/c1-15-4-6-16(7-5-15)10-3-2-9(8-14-10)17-11(12)13/h2-3,8,11H,4-7H2,1H3. The number of aromatic nitrogens is 1. The number of anilines is 1. The van der Waals surface area contributed by atoms with E-state index in [1.54, 1.807) is 6.07 Å². The molecule has 0 unspecified atom stereocenters. The summed E-state index contributed by atoms with van der Waals surface area (Å²) in [5, 5.41) is 0. The molecule has 94 valence electrons. The molecule has 2 rings (SSSR count). The van der Waals surface area contributed by atoms with Crippen LogP contribution in [0.25, 0.3) is 0 Å². The fourth-order valence-electron chi connectivity index (χ4n) is 1.77. The molecule has 0 aromatic carbocycles. The van der Waals surface area contributed by atoms with Gasteiger partial charge in [0.05, 0.1) is 6.20 Å². The molecule has 1 aromatic heterocycles. The Kier molecular flexibility index (Phi) is 3.73. The zero-order chi connectivity index (χ0) is 12.3. The van der Waals surface area contributed by atoms with E-state index in [1.165, 1.54) is 12.3 Å². The fraction of sp³-hybridized carbons (Fsp3) is 0.545. The molecule has 0 bridgehead atoms. The molecule has 1 saturated heterocycles. The van der Waals surface area contributed by atoms with Crippen LogP contribution in [0.1, 0.15) is 0 Å². The zero-order valence-electron chi connectivity index (χ0n) is 9.64. The number of alkyl halides is 2. The van der Waals surface area contributed by atoms with E-state index in [1.807, 2.05) is 0 Å². The number of halogens is 2. The Labute approximate surface area is 98.8 Å². The average Bonchev–Trinajstić information content (AvgIpc) is 2.30. The minimum absolute atomic E-state index is 0.0953. The Morgan fingerprint density at radius 2 is 1.94 bits per heavy atom. The van der Waals surface area contributed by atoms with Crippen LogP contribution in [0.5, 0.6) is 5.75 Å². The minimum atomic E-state index is -2.80. The third-order valence-corrected chi connectivity index (χ3v) is 2.77. The van der Waals surface area contributed by atoms with Gasteiger partial charge in [-0.2, -0.15) is 8.78 Å². The topological polar surface area (TPSA) is 28.6 Å². The smallest absolute Gasteiger partial charge is 0.387 e. The number of ether oxygens (including phenoxy) is 1. The molecule has 0 saturated carbocycles. The average molecular weight is 243 g/mol. The van der Waals surface area contributed by atoms with E-state index < -0.39 is 6.61 Å². The van der Waals surface area contributed by atoms with Gasteiger partial charge in [-0.25, -0.2) is 4.98 Å². The number of piperazine rings is 1. The summed E-state index contributed by atoms with van der Waals surface area (Å²) >= 11 is 0. The van der Waals surface area contributed by atoms with Crippen LogP contribution >= 0.6 is 0 Å². The van der Waals surface area contributed by atoms with Crippen molar-refractivity contribution in [3.05, 3.63) is 18.3 Å². The first-order chi connectivity index (χ1) is 8.15. The van der Waals surface area contributed by atoms with Gasteiger partial charge in [0.1, 0.15) is 11.6 Å². The van der Waals surface area contributed by atoms with E-state index in [4.69, 9.17) is 0 Å². The number of pyridine rings is 1. The summed E-state index contributed by atoms with van der Waals surface area (Å²) in [6.45, 7) is 0.969. The molecule has 1 aliphatic rings. The number of nitrogens with zero attached hydrogens (tertiary/aromatic N) is 3. The molecular formula is C11H15F2N3O. The minimum Gasteiger partial charge on any atom is -0.433 e. The first-order valence-corrected chi connectivity index (χ1v) is 5.49. The zero-order valence-corrected chi connectivity index (χ0v) is 9.64. The van der Waals surface area contributed by atoms with Gasteiger partial charge in [-0.1, -0.05) is 0 Å². The lowest BCUT2D eigenvalue weighted by molar-refractivity contribution is -0.0500. The lowest BCUT2D eigenvalue weighted by Crippen LogP contribution is -2.44. The first-order valence-electron chi connectivity index (χ1n) is 5.49. The molecule has 6 heteroatoms. The Morgan fingerprint density at radius 3 is 2.47 bits per heavy atom. The SMILES string of the molecule is CN1CCN(c2ccc(OC(F)F)cn2)CC1. The Morgan fingerprint density at radius 1 is 1.24 bits per heavy atom. The molecule has 1 fully saturated rings. The van der Waals surface area contributed by atoms with Gasteiger partial charge in [0.25, 0.3) is 0 Å². The molecule has 4 nitrogen and oxygen atoms in total. The predicted molar refractivity (Wildman–Crippen MR) is 60.6 cm³/mol. The molecule has 1 aromatic rings. The molecule has 0 radical (unpaired) electrons. The van der Waals surface area contributed by atoms with Crippen LogP contribution < -0.4 is 9.64 Å². The highest BCUT2D eigenvalue weighted by molar-refractivity contribution is 5.41. The van der Waals surface area contributed by atoms with Gasteiger partial charge < -0.3 is 14.5 Å². The van der Waals surface area contributed by atoms with E-state index in [2.05, 4.69) is 26.6 Å². The van der Waals surface area contributed by atoms with Crippen molar-refractivity contribution in [1.82, 2.24) is 9.88 Å². The monoisotopic (exact) mass is 243 g/mol. The number of hydrogen-bond donors (Lipinski definition) is 0. The summed E-state index contributed by atoms with van der Waals surface area (Å²) in [7, 11) is 2.07.